The molecule has 0 radical (unpaired) electrons. The highest BCUT2D eigenvalue weighted by Gasteiger charge is 2.42. The van der Waals surface area contributed by atoms with Crippen LogP contribution in [0.4, 0.5) is 0 Å². The number of carboxylic acid groups (broad SMARTS) is 1. The minimum Gasteiger partial charge on any atom is -0.480 e. The molecule has 1 rings (SSSR count). The number of nitrogens with one attached hydrogen (secondary N) is 1. The quantitative estimate of drug-likeness (QED) is 0.736. The Morgan fingerprint density at radius 2 is 1.81 bits per heavy atom. The maximum atomic E-state index is 11.3. The van der Waals surface area contributed by atoms with Crippen LogP contribution in [0.15, 0.2) is 0 Å². The van der Waals surface area contributed by atoms with Crippen molar-refractivity contribution >= 4 is 11.9 Å². The van der Waals surface area contributed by atoms with Crippen LogP contribution in [-0.4, -0.2) is 46.6 Å². The number of hydrogen-bond donors (Lipinski definition) is 2. The van der Waals surface area contributed by atoms with E-state index in [1.54, 1.807) is 0 Å². The van der Waals surface area contributed by atoms with E-state index in [9.17, 15) is 14.7 Å². The largest absolute Gasteiger partial charge is 0.480 e. The third-order valence-electron chi connectivity index (χ3n) is 3.21. The molecule has 5 heteroatoms. The van der Waals surface area contributed by atoms with E-state index in [0.717, 1.165) is 0 Å². The number of carbonyl (C=O) groups excluding carboxylic acids is 1. The lowest BCUT2D eigenvalue weighted by Crippen LogP contribution is -2.60. The fraction of sp³-hybridized carbons (Fsp3) is 0.818. The summed E-state index contributed by atoms with van der Waals surface area (Å²) < 4.78 is 0. The number of carbonyl (C=O) groups is 2. The van der Waals surface area contributed by atoms with Crippen molar-refractivity contribution < 1.29 is 14.7 Å². The van der Waals surface area contributed by atoms with Gasteiger partial charge in [0, 0.05) is 26.1 Å². The first-order chi connectivity index (χ1) is 7.37. The molecule has 1 heterocycles. The summed E-state index contributed by atoms with van der Waals surface area (Å²) in [5.41, 5.74) is -1.06. The molecule has 1 amide bonds. The molecular formula is C11H20N2O3. The van der Waals surface area contributed by atoms with Gasteiger partial charge in [-0.05, 0) is 26.7 Å². The van der Waals surface area contributed by atoms with Crippen LogP contribution < -0.4 is 5.32 Å². The van der Waals surface area contributed by atoms with Gasteiger partial charge < -0.3 is 15.3 Å². The maximum absolute atomic E-state index is 11.3. The Balaban J connectivity index is 2.70. The zero-order valence-electron chi connectivity index (χ0n) is 10.1. The second-order valence-corrected chi connectivity index (χ2v) is 4.70. The summed E-state index contributed by atoms with van der Waals surface area (Å²) in [5, 5.41) is 11.8. The first kappa shape index (κ1) is 13.0. The van der Waals surface area contributed by atoms with Crippen molar-refractivity contribution in [3.05, 3.63) is 0 Å². The zero-order valence-corrected chi connectivity index (χ0v) is 10.1. The van der Waals surface area contributed by atoms with E-state index in [2.05, 4.69) is 24.1 Å². The molecule has 0 aromatic carbocycles. The molecule has 2 N–H and O–H groups in total. The van der Waals surface area contributed by atoms with Crippen molar-refractivity contribution in [2.75, 3.05) is 13.1 Å². The van der Waals surface area contributed by atoms with Crippen LogP contribution in [0, 0.1) is 0 Å². The smallest absolute Gasteiger partial charge is 0.329 e. The van der Waals surface area contributed by atoms with Crippen molar-refractivity contribution in [3.8, 4) is 0 Å². The van der Waals surface area contributed by atoms with E-state index >= 15 is 0 Å². The molecule has 1 fully saturated rings. The van der Waals surface area contributed by atoms with Crippen LogP contribution in [0.25, 0.3) is 0 Å². The first-order valence-corrected chi connectivity index (χ1v) is 5.63. The number of aliphatic carboxylic acids is 1. The Morgan fingerprint density at radius 1 is 1.31 bits per heavy atom. The molecule has 1 aliphatic rings. The van der Waals surface area contributed by atoms with Gasteiger partial charge in [-0.3, -0.25) is 4.79 Å². The molecule has 5 nitrogen and oxygen atoms in total. The summed E-state index contributed by atoms with van der Waals surface area (Å²) in [6.07, 6.45) is 0.945. The number of carboxylic acids is 1. The van der Waals surface area contributed by atoms with Crippen LogP contribution >= 0.6 is 0 Å². The van der Waals surface area contributed by atoms with E-state index in [0.29, 0.717) is 32.0 Å². The molecule has 1 saturated heterocycles. The second kappa shape index (κ2) is 4.82. The normalized spacial score (nSPS) is 20.8. The fourth-order valence-electron chi connectivity index (χ4n) is 2.15. The second-order valence-electron chi connectivity index (χ2n) is 4.70. The molecular weight excluding hydrogens is 208 g/mol. The Hall–Kier alpha value is -1.10. The molecule has 16 heavy (non-hydrogen) atoms. The molecule has 0 spiro atoms. The van der Waals surface area contributed by atoms with Crippen molar-refractivity contribution in [2.24, 2.45) is 0 Å². The highest BCUT2D eigenvalue weighted by molar-refractivity contribution is 5.86. The Morgan fingerprint density at radius 3 is 2.12 bits per heavy atom. The van der Waals surface area contributed by atoms with E-state index in [-0.39, 0.29) is 5.91 Å². The summed E-state index contributed by atoms with van der Waals surface area (Å²) in [7, 11) is 0. The lowest BCUT2D eigenvalue weighted by Gasteiger charge is -2.40. The topological polar surface area (TPSA) is 69.6 Å². The SMILES string of the molecule is CC(=O)NC1(C(=O)O)CCN(C(C)C)CC1. The van der Waals surface area contributed by atoms with Crippen molar-refractivity contribution in [1.29, 1.82) is 0 Å². The van der Waals surface area contributed by atoms with Crippen LogP contribution in [0.2, 0.25) is 0 Å². The number of piperidine rings is 1. The summed E-state index contributed by atoms with van der Waals surface area (Å²) in [5.74, 6) is -1.20. The first-order valence-electron chi connectivity index (χ1n) is 5.63. The molecule has 0 aliphatic carbocycles. The minimum atomic E-state index is -1.06. The predicted molar refractivity (Wildman–Crippen MR) is 60.1 cm³/mol. The van der Waals surface area contributed by atoms with E-state index in [4.69, 9.17) is 0 Å². The van der Waals surface area contributed by atoms with Gasteiger partial charge in [-0.1, -0.05) is 0 Å². The van der Waals surface area contributed by atoms with Crippen LogP contribution in [-0.2, 0) is 9.59 Å². The number of likely N-dealkylation sites (tertiary alicyclic amines) is 1. The van der Waals surface area contributed by atoms with Gasteiger partial charge in [-0.15, -0.1) is 0 Å². The minimum absolute atomic E-state index is 0.277. The average Bonchev–Trinajstić information content (AvgIpc) is 2.17. The van der Waals surface area contributed by atoms with Gasteiger partial charge in [0.2, 0.25) is 5.91 Å². The summed E-state index contributed by atoms with van der Waals surface area (Å²) in [6.45, 7) is 6.96. The van der Waals surface area contributed by atoms with Gasteiger partial charge in [0.05, 0.1) is 0 Å². The standard InChI is InChI=1S/C11H20N2O3/c1-8(2)13-6-4-11(5-7-13,10(15)16)12-9(3)14/h8H,4-7H2,1-3H3,(H,12,14)(H,15,16). The summed E-state index contributed by atoms with van der Waals surface area (Å²) in [6, 6.07) is 0.420. The lowest BCUT2D eigenvalue weighted by molar-refractivity contribution is -0.150. The average molecular weight is 228 g/mol. The lowest BCUT2D eigenvalue weighted by atomic mass is 9.87. The number of amides is 1. The highest BCUT2D eigenvalue weighted by atomic mass is 16.4. The fourth-order valence-corrected chi connectivity index (χ4v) is 2.15. The molecule has 0 aromatic heterocycles. The molecule has 0 saturated carbocycles. The summed E-state index contributed by atoms with van der Waals surface area (Å²) in [4.78, 5) is 24.5. The van der Waals surface area contributed by atoms with Gasteiger partial charge in [0.1, 0.15) is 5.54 Å². The molecule has 0 bridgehead atoms. The molecule has 0 unspecified atom stereocenters. The van der Waals surface area contributed by atoms with Crippen molar-refractivity contribution in [1.82, 2.24) is 10.2 Å². The Kier molecular flexibility index (Phi) is 3.91. The van der Waals surface area contributed by atoms with Gasteiger partial charge in [0.15, 0.2) is 0 Å². The van der Waals surface area contributed by atoms with E-state index in [1.807, 2.05) is 0 Å². The Bertz CT molecular complexity index is 281. The van der Waals surface area contributed by atoms with Crippen LogP contribution in [0.3, 0.4) is 0 Å². The van der Waals surface area contributed by atoms with Crippen molar-refractivity contribution in [2.45, 2.75) is 45.2 Å². The van der Waals surface area contributed by atoms with E-state index < -0.39 is 11.5 Å². The maximum Gasteiger partial charge on any atom is 0.329 e. The van der Waals surface area contributed by atoms with Crippen LogP contribution in [0.1, 0.15) is 33.6 Å². The third-order valence-corrected chi connectivity index (χ3v) is 3.21. The summed E-state index contributed by atoms with van der Waals surface area (Å²) >= 11 is 0. The predicted octanol–water partition coefficient (Wildman–Crippen LogP) is 0.450. The monoisotopic (exact) mass is 228 g/mol. The number of hydrogen-bond acceptors (Lipinski definition) is 3. The highest BCUT2D eigenvalue weighted by Crippen LogP contribution is 2.23. The van der Waals surface area contributed by atoms with Crippen LogP contribution in [0.5, 0.6) is 0 Å². The molecule has 0 atom stereocenters. The van der Waals surface area contributed by atoms with E-state index in [1.165, 1.54) is 6.92 Å². The molecule has 0 aromatic rings. The Labute approximate surface area is 95.8 Å². The van der Waals surface area contributed by atoms with Gasteiger partial charge in [0.25, 0.3) is 0 Å². The zero-order chi connectivity index (χ0) is 12.3. The van der Waals surface area contributed by atoms with Gasteiger partial charge in [-0.25, -0.2) is 4.79 Å². The van der Waals surface area contributed by atoms with Crippen molar-refractivity contribution in [3.63, 3.8) is 0 Å². The number of nitrogens with zero attached hydrogens (tertiary/aromatic N) is 1. The molecule has 1 aliphatic heterocycles. The van der Waals surface area contributed by atoms with Gasteiger partial charge >= 0.3 is 5.97 Å². The van der Waals surface area contributed by atoms with Gasteiger partial charge in [-0.2, -0.15) is 0 Å². The third kappa shape index (κ3) is 2.72. The molecule has 92 valence electrons. The number of rotatable bonds is 3.